The Morgan fingerprint density at radius 3 is 2.69 bits per heavy atom. The van der Waals surface area contributed by atoms with Gasteiger partial charge in [0.2, 0.25) is 5.91 Å². The van der Waals surface area contributed by atoms with Crippen molar-refractivity contribution < 1.29 is 23.1 Å². The maximum Gasteiger partial charge on any atom is 0.305 e. The van der Waals surface area contributed by atoms with E-state index in [2.05, 4.69) is 4.98 Å². The number of hydrogen-bond donors (Lipinski definition) is 1. The smallest absolute Gasteiger partial charge is 0.305 e. The molecule has 0 saturated carbocycles. The molecule has 1 aliphatic rings. The van der Waals surface area contributed by atoms with Gasteiger partial charge in [0.15, 0.2) is 9.84 Å². The van der Waals surface area contributed by atoms with E-state index in [1.54, 1.807) is 36.5 Å². The van der Waals surface area contributed by atoms with Gasteiger partial charge in [-0.05, 0) is 42.6 Å². The lowest BCUT2D eigenvalue weighted by Gasteiger charge is -2.42. The molecule has 10 heteroatoms. The summed E-state index contributed by atoms with van der Waals surface area (Å²) in [7, 11) is -3.76. The molecule has 1 amide bonds. The number of aromatic nitrogens is 1. The Kier molecular flexibility index (Phi) is 7.28. The molecule has 8 nitrogen and oxygen atoms in total. The van der Waals surface area contributed by atoms with Crippen LogP contribution in [0, 0.1) is 6.92 Å². The maximum atomic E-state index is 13.1. The van der Waals surface area contributed by atoms with Crippen LogP contribution in [0.5, 0.6) is 0 Å². The molecule has 0 aliphatic carbocycles. The SMILES string of the molecule is Cc1cc(N2CCN(C(=O)CCS(=O)(=O)c3cccc4cc(Cl)ccc34)C(CC(=O)O)C2)ccn1. The Bertz CT molecular complexity index is 1380. The molecule has 2 aromatic carbocycles. The standard InChI is InChI=1S/C25H26ClN3O5S/c1-17-13-20(7-9-27-17)28-10-11-29(21(16-28)15-25(31)32)24(30)8-12-35(33,34)23-4-2-3-18-14-19(26)5-6-22(18)23/h2-7,9,13-14,21H,8,10-12,15-16H2,1H3,(H,31,32). The number of carboxylic acid groups (broad SMARTS) is 1. The quantitative estimate of drug-likeness (QED) is 0.512. The van der Waals surface area contributed by atoms with Crippen molar-refractivity contribution in [3.8, 4) is 0 Å². The van der Waals surface area contributed by atoms with Crippen molar-refractivity contribution in [2.75, 3.05) is 30.3 Å². The lowest BCUT2D eigenvalue weighted by Crippen LogP contribution is -2.56. The molecular formula is C25H26ClN3O5S. The Hall–Kier alpha value is -3.17. The number of fused-ring (bicyclic) bond motifs is 1. The van der Waals surface area contributed by atoms with Crippen LogP contribution in [-0.4, -0.2) is 66.7 Å². The molecule has 2 heterocycles. The number of pyridine rings is 1. The highest BCUT2D eigenvalue weighted by atomic mass is 35.5. The number of benzene rings is 2. The van der Waals surface area contributed by atoms with Crippen LogP contribution in [0.15, 0.2) is 59.6 Å². The number of amides is 1. The summed E-state index contributed by atoms with van der Waals surface area (Å²) in [5.74, 6) is -1.74. The van der Waals surface area contributed by atoms with E-state index in [-0.39, 0.29) is 29.4 Å². The number of sulfone groups is 1. The maximum absolute atomic E-state index is 13.1. The van der Waals surface area contributed by atoms with Crippen molar-refractivity contribution in [3.63, 3.8) is 0 Å². The number of hydrogen-bond acceptors (Lipinski definition) is 6. The summed E-state index contributed by atoms with van der Waals surface area (Å²) >= 11 is 6.03. The van der Waals surface area contributed by atoms with Gasteiger partial charge in [0.05, 0.1) is 23.1 Å². The van der Waals surface area contributed by atoms with Gasteiger partial charge in [-0.2, -0.15) is 0 Å². The minimum Gasteiger partial charge on any atom is -0.481 e. The highest BCUT2D eigenvalue weighted by molar-refractivity contribution is 7.91. The second-order valence-electron chi connectivity index (χ2n) is 8.63. The van der Waals surface area contributed by atoms with Gasteiger partial charge in [-0.1, -0.05) is 29.8 Å². The third-order valence-corrected chi connectivity index (χ3v) is 8.18. The number of anilines is 1. The molecule has 3 aromatic rings. The van der Waals surface area contributed by atoms with Gasteiger partial charge in [0.1, 0.15) is 0 Å². The van der Waals surface area contributed by atoms with Gasteiger partial charge >= 0.3 is 5.97 Å². The van der Waals surface area contributed by atoms with Crippen LogP contribution < -0.4 is 4.90 Å². The number of aryl methyl sites for hydroxylation is 1. The second-order valence-corrected chi connectivity index (χ2v) is 11.1. The molecule has 35 heavy (non-hydrogen) atoms. The second kappa shape index (κ2) is 10.2. The van der Waals surface area contributed by atoms with Gasteiger partial charge in [0, 0.05) is 54.0 Å². The fourth-order valence-electron chi connectivity index (χ4n) is 4.49. The number of aliphatic carboxylic acids is 1. The molecule has 1 aliphatic heterocycles. The first kappa shape index (κ1) is 24.9. The molecule has 1 fully saturated rings. The molecule has 1 unspecified atom stereocenters. The zero-order chi connectivity index (χ0) is 25.2. The van der Waals surface area contributed by atoms with E-state index in [1.165, 1.54) is 11.0 Å². The van der Waals surface area contributed by atoms with E-state index in [1.807, 2.05) is 24.0 Å². The number of nitrogens with zero attached hydrogens (tertiary/aromatic N) is 3. The zero-order valence-electron chi connectivity index (χ0n) is 19.2. The van der Waals surface area contributed by atoms with Crippen LogP contribution in [0.25, 0.3) is 10.8 Å². The summed E-state index contributed by atoms with van der Waals surface area (Å²) in [6.45, 7) is 3.05. The first-order chi connectivity index (χ1) is 16.6. The van der Waals surface area contributed by atoms with E-state index in [9.17, 15) is 23.1 Å². The Morgan fingerprint density at radius 2 is 1.94 bits per heavy atom. The summed E-state index contributed by atoms with van der Waals surface area (Å²) in [4.78, 5) is 32.5. The number of piperazine rings is 1. The van der Waals surface area contributed by atoms with Crippen molar-refractivity contribution in [2.45, 2.75) is 30.7 Å². The highest BCUT2D eigenvalue weighted by Crippen LogP contribution is 2.27. The first-order valence-corrected chi connectivity index (χ1v) is 13.3. The number of carboxylic acids is 1. The van der Waals surface area contributed by atoms with Crippen molar-refractivity contribution in [3.05, 3.63) is 65.4 Å². The topological polar surface area (TPSA) is 108 Å². The molecule has 1 atom stereocenters. The average molecular weight is 516 g/mol. The minimum absolute atomic E-state index is 0.152. The Morgan fingerprint density at radius 1 is 1.14 bits per heavy atom. The molecule has 1 aromatic heterocycles. The van der Waals surface area contributed by atoms with Crippen LogP contribution in [-0.2, 0) is 19.4 Å². The highest BCUT2D eigenvalue weighted by Gasteiger charge is 2.33. The monoisotopic (exact) mass is 515 g/mol. The zero-order valence-corrected chi connectivity index (χ0v) is 20.8. The molecule has 0 radical (unpaired) electrons. The van der Waals surface area contributed by atoms with Crippen LogP contribution in [0.3, 0.4) is 0 Å². The van der Waals surface area contributed by atoms with Crippen molar-refractivity contribution in [1.29, 1.82) is 0 Å². The fraction of sp³-hybridized carbons (Fsp3) is 0.320. The fourth-order valence-corrected chi connectivity index (χ4v) is 6.14. The predicted molar refractivity (Wildman–Crippen MR) is 135 cm³/mol. The number of carbonyl (C=O) groups is 2. The van der Waals surface area contributed by atoms with Gasteiger partial charge < -0.3 is 14.9 Å². The molecule has 184 valence electrons. The van der Waals surface area contributed by atoms with E-state index in [4.69, 9.17) is 11.6 Å². The normalized spacial score (nSPS) is 16.5. The van der Waals surface area contributed by atoms with E-state index >= 15 is 0 Å². The van der Waals surface area contributed by atoms with Gasteiger partial charge in [-0.25, -0.2) is 8.42 Å². The third kappa shape index (κ3) is 5.74. The van der Waals surface area contributed by atoms with Gasteiger partial charge in [-0.3, -0.25) is 14.6 Å². The summed E-state index contributed by atoms with van der Waals surface area (Å²) in [6.07, 6.45) is 1.25. The lowest BCUT2D eigenvalue weighted by atomic mass is 10.1. The number of rotatable bonds is 7. The van der Waals surface area contributed by atoms with Crippen molar-refractivity contribution >= 4 is 49.8 Å². The van der Waals surface area contributed by atoms with Crippen LogP contribution in [0.2, 0.25) is 5.02 Å². The van der Waals surface area contributed by atoms with E-state index < -0.39 is 21.8 Å². The molecular weight excluding hydrogens is 490 g/mol. The average Bonchev–Trinajstić information content (AvgIpc) is 2.81. The third-order valence-electron chi connectivity index (χ3n) is 6.18. The van der Waals surface area contributed by atoms with E-state index in [0.29, 0.717) is 35.4 Å². The molecule has 0 spiro atoms. The summed E-state index contributed by atoms with van der Waals surface area (Å²) < 4.78 is 26.3. The minimum atomic E-state index is -3.76. The number of carbonyl (C=O) groups excluding carboxylic acids is 1. The van der Waals surface area contributed by atoms with Gasteiger partial charge in [0.25, 0.3) is 0 Å². The lowest BCUT2D eigenvalue weighted by molar-refractivity contribution is -0.141. The van der Waals surface area contributed by atoms with Gasteiger partial charge in [-0.15, -0.1) is 0 Å². The summed E-state index contributed by atoms with van der Waals surface area (Å²) in [6, 6.07) is 13.2. The van der Waals surface area contributed by atoms with Crippen molar-refractivity contribution in [1.82, 2.24) is 9.88 Å². The first-order valence-electron chi connectivity index (χ1n) is 11.2. The molecule has 1 saturated heterocycles. The molecule has 1 N–H and O–H groups in total. The number of halogens is 1. The summed E-state index contributed by atoms with van der Waals surface area (Å²) in [5, 5.41) is 11.2. The Balaban J connectivity index is 1.49. The van der Waals surface area contributed by atoms with Crippen LogP contribution >= 0.6 is 11.6 Å². The summed E-state index contributed by atoms with van der Waals surface area (Å²) in [5.41, 5.74) is 1.76. The molecule has 0 bridgehead atoms. The van der Waals surface area contributed by atoms with Crippen LogP contribution in [0.4, 0.5) is 5.69 Å². The predicted octanol–water partition coefficient (Wildman–Crippen LogP) is 3.55. The van der Waals surface area contributed by atoms with Crippen LogP contribution in [0.1, 0.15) is 18.5 Å². The van der Waals surface area contributed by atoms with E-state index in [0.717, 1.165) is 11.4 Å². The Labute approximate surface area is 209 Å². The largest absolute Gasteiger partial charge is 0.481 e. The van der Waals surface area contributed by atoms with Crippen molar-refractivity contribution in [2.24, 2.45) is 0 Å². The molecule has 4 rings (SSSR count).